The van der Waals surface area contributed by atoms with Crippen LogP contribution < -0.4 is 0 Å². The molecule has 130 valence electrons. The molecule has 0 aliphatic rings. The zero-order chi connectivity index (χ0) is 17.4. The third-order valence-electron chi connectivity index (χ3n) is 3.18. The van der Waals surface area contributed by atoms with Gasteiger partial charge in [-0.2, -0.15) is 0 Å². The summed E-state index contributed by atoms with van der Waals surface area (Å²) < 4.78 is 15.9. The first kappa shape index (κ1) is 18.8. The second-order valence-corrected chi connectivity index (χ2v) is 7.01. The summed E-state index contributed by atoms with van der Waals surface area (Å²) in [4.78, 5) is 14.4. The molecule has 2 N–H and O–H groups in total. The molecule has 2 aromatic rings. The number of rotatable bonds is 9. The highest BCUT2D eigenvalue weighted by atomic mass is 31.2. The standard InChI is InChI=1S/C17H22NO5P/c1-21-11-14-5-3-6-15(9-14)12-22-24(2,20)23-13-17-8-4-7-16(10-19)18-17/h3-9,19-20H,2,10-13H2,1H3. The first-order valence-corrected chi connectivity index (χ1v) is 9.16. The maximum absolute atomic E-state index is 10.2. The van der Waals surface area contributed by atoms with Crippen molar-refractivity contribution in [3.05, 3.63) is 65.0 Å². The second-order valence-electron chi connectivity index (χ2n) is 5.22. The molecule has 6 nitrogen and oxygen atoms in total. The zero-order valence-electron chi connectivity index (χ0n) is 13.6. The van der Waals surface area contributed by atoms with Crippen LogP contribution in [0.4, 0.5) is 0 Å². The zero-order valence-corrected chi connectivity index (χ0v) is 14.5. The number of aliphatic hydroxyl groups excluding tert-OH is 1. The molecule has 1 atom stereocenters. The summed E-state index contributed by atoms with van der Waals surface area (Å²) in [5.41, 5.74) is 3.05. The van der Waals surface area contributed by atoms with Gasteiger partial charge >= 0.3 is 0 Å². The molecule has 2 rings (SSSR count). The molecule has 0 bridgehead atoms. The summed E-state index contributed by atoms with van der Waals surface area (Å²) in [6.07, 6.45) is 3.62. The van der Waals surface area contributed by atoms with Gasteiger partial charge in [0.2, 0.25) is 7.57 Å². The van der Waals surface area contributed by atoms with Crippen molar-refractivity contribution in [2.45, 2.75) is 26.4 Å². The Morgan fingerprint density at radius 1 is 1.00 bits per heavy atom. The largest absolute Gasteiger partial charge is 0.390 e. The van der Waals surface area contributed by atoms with Crippen molar-refractivity contribution < 1.29 is 23.8 Å². The molecule has 1 aromatic heterocycles. The molecule has 1 heterocycles. The molecule has 1 unspecified atom stereocenters. The molecule has 0 radical (unpaired) electrons. The smallest absolute Gasteiger partial charge is 0.248 e. The highest BCUT2D eigenvalue weighted by molar-refractivity contribution is 7.58. The number of hydrogen-bond acceptors (Lipinski definition) is 6. The number of benzene rings is 1. The fourth-order valence-corrected chi connectivity index (χ4v) is 2.81. The lowest BCUT2D eigenvalue weighted by molar-refractivity contribution is 0.178. The van der Waals surface area contributed by atoms with E-state index in [4.69, 9.17) is 18.9 Å². The van der Waals surface area contributed by atoms with E-state index in [9.17, 15) is 4.89 Å². The van der Waals surface area contributed by atoms with Crippen molar-refractivity contribution in [2.75, 3.05) is 7.11 Å². The summed E-state index contributed by atoms with van der Waals surface area (Å²) in [5, 5.41) is 9.07. The van der Waals surface area contributed by atoms with Gasteiger partial charge in [0.1, 0.15) is 0 Å². The minimum Gasteiger partial charge on any atom is -0.390 e. The van der Waals surface area contributed by atoms with E-state index in [1.54, 1.807) is 25.3 Å². The minimum absolute atomic E-state index is 0.0608. The number of aromatic nitrogens is 1. The van der Waals surface area contributed by atoms with Crippen molar-refractivity contribution in [2.24, 2.45) is 0 Å². The predicted molar refractivity (Wildman–Crippen MR) is 93.2 cm³/mol. The van der Waals surface area contributed by atoms with E-state index in [1.807, 2.05) is 24.3 Å². The van der Waals surface area contributed by atoms with Crippen LogP contribution in [0.1, 0.15) is 22.5 Å². The second kappa shape index (κ2) is 9.08. The van der Waals surface area contributed by atoms with E-state index in [-0.39, 0.29) is 19.8 Å². The van der Waals surface area contributed by atoms with Gasteiger partial charge in [-0.3, -0.25) is 4.98 Å². The summed E-state index contributed by atoms with van der Waals surface area (Å²) >= 11 is 0. The topological polar surface area (TPSA) is 81.0 Å². The van der Waals surface area contributed by atoms with E-state index in [0.29, 0.717) is 18.0 Å². The normalized spacial score (nSPS) is 13.6. The summed E-state index contributed by atoms with van der Waals surface area (Å²) in [5.74, 6) is 0. The molecule has 0 amide bonds. The molecule has 24 heavy (non-hydrogen) atoms. The number of aliphatic hydroxyl groups is 1. The van der Waals surface area contributed by atoms with Crippen LogP contribution in [0.2, 0.25) is 0 Å². The maximum atomic E-state index is 10.2. The Balaban J connectivity index is 1.88. The van der Waals surface area contributed by atoms with E-state index in [0.717, 1.165) is 11.1 Å². The molecular weight excluding hydrogens is 329 g/mol. The molecule has 0 saturated heterocycles. The molecule has 7 heteroatoms. The third-order valence-corrected chi connectivity index (χ3v) is 4.24. The maximum Gasteiger partial charge on any atom is 0.248 e. The number of nitrogens with zero attached hydrogens (tertiary/aromatic N) is 1. The SMILES string of the molecule is C=P(O)(OCc1cccc(COC)c1)OCc1cccc(CO)n1. The van der Waals surface area contributed by atoms with Crippen LogP contribution in [-0.4, -0.2) is 28.4 Å². The van der Waals surface area contributed by atoms with E-state index < -0.39 is 7.57 Å². The minimum atomic E-state index is -3.21. The summed E-state index contributed by atoms with van der Waals surface area (Å²) in [6.45, 7) is 0.619. The average Bonchev–Trinajstić information content (AvgIpc) is 2.59. The van der Waals surface area contributed by atoms with Crippen molar-refractivity contribution in [1.82, 2.24) is 4.98 Å². The van der Waals surface area contributed by atoms with Gasteiger partial charge < -0.3 is 23.8 Å². The van der Waals surface area contributed by atoms with Crippen LogP contribution in [0.3, 0.4) is 0 Å². The Morgan fingerprint density at radius 2 is 1.62 bits per heavy atom. The van der Waals surface area contributed by atoms with Crippen LogP contribution in [0.25, 0.3) is 0 Å². The monoisotopic (exact) mass is 351 g/mol. The van der Waals surface area contributed by atoms with Crippen LogP contribution in [0.15, 0.2) is 42.5 Å². The van der Waals surface area contributed by atoms with Gasteiger partial charge in [-0.25, -0.2) is 0 Å². The lowest BCUT2D eigenvalue weighted by Gasteiger charge is -2.18. The number of hydrogen-bond donors (Lipinski definition) is 2. The van der Waals surface area contributed by atoms with Crippen LogP contribution in [0.5, 0.6) is 0 Å². The van der Waals surface area contributed by atoms with Gasteiger partial charge in [0.25, 0.3) is 0 Å². The van der Waals surface area contributed by atoms with Crippen LogP contribution in [-0.2, 0) is 40.2 Å². The Kier molecular flexibility index (Phi) is 7.12. The third kappa shape index (κ3) is 6.17. The van der Waals surface area contributed by atoms with Crippen molar-refractivity contribution >= 4 is 13.9 Å². The predicted octanol–water partition coefficient (Wildman–Crippen LogP) is 2.64. The van der Waals surface area contributed by atoms with Gasteiger partial charge in [-0.1, -0.05) is 30.3 Å². The van der Waals surface area contributed by atoms with Crippen molar-refractivity contribution in [3.8, 4) is 0 Å². The highest BCUT2D eigenvalue weighted by Gasteiger charge is 2.13. The lowest BCUT2D eigenvalue weighted by atomic mass is 10.1. The fourth-order valence-electron chi connectivity index (χ4n) is 2.05. The van der Waals surface area contributed by atoms with Crippen LogP contribution >= 0.6 is 7.57 Å². The molecule has 1 aromatic carbocycles. The fraction of sp³-hybridized carbons (Fsp3) is 0.294. The molecule has 0 fully saturated rings. The quantitative estimate of drug-likeness (QED) is 0.676. The molecule has 0 saturated carbocycles. The van der Waals surface area contributed by atoms with E-state index in [1.165, 1.54) is 0 Å². The Bertz CT molecular complexity index is 707. The van der Waals surface area contributed by atoms with Gasteiger partial charge in [0.05, 0.1) is 37.8 Å². The molecular formula is C17H22NO5P. The van der Waals surface area contributed by atoms with Crippen molar-refractivity contribution in [3.63, 3.8) is 0 Å². The van der Waals surface area contributed by atoms with E-state index >= 15 is 0 Å². The first-order valence-electron chi connectivity index (χ1n) is 7.40. The van der Waals surface area contributed by atoms with Gasteiger partial charge in [0.15, 0.2) is 0 Å². The molecule has 0 aliphatic carbocycles. The summed E-state index contributed by atoms with van der Waals surface area (Å²) in [7, 11) is -1.58. The van der Waals surface area contributed by atoms with Gasteiger partial charge in [-0.15, -0.1) is 0 Å². The first-order chi connectivity index (χ1) is 11.5. The van der Waals surface area contributed by atoms with Gasteiger partial charge in [0, 0.05) is 7.11 Å². The molecule has 0 aliphatic heterocycles. The van der Waals surface area contributed by atoms with Crippen molar-refractivity contribution in [1.29, 1.82) is 0 Å². The lowest BCUT2D eigenvalue weighted by Crippen LogP contribution is -2.00. The Labute approximate surface area is 141 Å². The highest BCUT2D eigenvalue weighted by Crippen LogP contribution is 2.44. The van der Waals surface area contributed by atoms with E-state index in [2.05, 4.69) is 11.3 Å². The Hall–Kier alpha value is -1.53. The number of ether oxygens (including phenoxy) is 1. The Morgan fingerprint density at radius 3 is 2.33 bits per heavy atom. The molecule has 0 spiro atoms. The average molecular weight is 351 g/mol. The number of methoxy groups -OCH3 is 1. The summed E-state index contributed by atoms with van der Waals surface area (Å²) in [6, 6.07) is 12.9. The number of pyridine rings is 1. The van der Waals surface area contributed by atoms with Crippen LogP contribution in [0, 0.1) is 0 Å². The van der Waals surface area contributed by atoms with Gasteiger partial charge in [-0.05, 0) is 29.6 Å².